The van der Waals surface area contributed by atoms with Crippen LogP contribution in [0.3, 0.4) is 0 Å². The summed E-state index contributed by atoms with van der Waals surface area (Å²) >= 11 is 0. The van der Waals surface area contributed by atoms with E-state index >= 15 is 0 Å². The third-order valence-corrected chi connectivity index (χ3v) is 9.98. The molecule has 0 aliphatic rings. The van der Waals surface area contributed by atoms with E-state index in [9.17, 15) is 9.90 Å². The van der Waals surface area contributed by atoms with Crippen molar-refractivity contribution in [2.75, 3.05) is 0 Å². The van der Waals surface area contributed by atoms with Crippen LogP contribution < -0.4 is 0 Å². The number of esters is 1. The lowest BCUT2D eigenvalue weighted by Crippen LogP contribution is -2.50. The lowest BCUT2D eigenvalue weighted by Gasteiger charge is -2.42. The van der Waals surface area contributed by atoms with Gasteiger partial charge in [0.15, 0.2) is 8.32 Å². The van der Waals surface area contributed by atoms with E-state index < -0.39 is 26.4 Å². The molecule has 0 aliphatic heterocycles. The van der Waals surface area contributed by atoms with Crippen molar-refractivity contribution in [3.8, 4) is 0 Å². The van der Waals surface area contributed by atoms with Gasteiger partial charge in [-0.3, -0.25) is 4.79 Å². The van der Waals surface area contributed by atoms with Crippen molar-refractivity contribution in [2.24, 2.45) is 5.92 Å². The van der Waals surface area contributed by atoms with E-state index in [0.717, 1.165) is 18.4 Å². The van der Waals surface area contributed by atoms with Crippen molar-refractivity contribution in [3.05, 3.63) is 35.9 Å². The number of benzene rings is 1. The van der Waals surface area contributed by atoms with Crippen LogP contribution in [-0.2, 0) is 20.6 Å². The Morgan fingerprint density at radius 2 is 1.78 bits per heavy atom. The van der Waals surface area contributed by atoms with Gasteiger partial charge in [0.2, 0.25) is 0 Å². The molecule has 5 heteroatoms. The smallest absolute Gasteiger partial charge is 0.311 e. The highest BCUT2D eigenvalue weighted by Crippen LogP contribution is 2.39. The summed E-state index contributed by atoms with van der Waals surface area (Å²) in [6.45, 7) is 14.8. The molecule has 0 amide bonds. The number of carbonyl (C=O) groups excluding carboxylic acids is 1. The maximum Gasteiger partial charge on any atom is 0.311 e. The van der Waals surface area contributed by atoms with Gasteiger partial charge in [-0.25, -0.2) is 0 Å². The van der Waals surface area contributed by atoms with E-state index in [1.807, 2.05) is 30.3 Å². The Morgan fingerprint density at radius 1 is 1.19 bits per heavy atom. The third kappa shape index (κ3) is 7.39. The molecule has 0 saturated heterocycles. The second kappa shape index (κ2) is 10.4. The van der Waals surface area contributed by atoms with Gasteiger partial charge in [0.25, 0.3) is 0 Å². The van der Waals surface area contributed by atoms with Crippen LogP contribution in [0.15, 0.2) is 30.3 Å². The highest BCUT2D eigenvalue weighted by atomic mass is 28.4. The number of rotatable bonds is 10. The van der Waals surface area contributed by atoms with Crippen LogP contribution in [0, 0.1) is 5.92 Å². The maximum atomic E-state index is 12.9. The molecule has 0 radical (unpaired) electrons. The fourth-order valence-corrected chi connectivity index (χ4v) is 4.10. The molecule has 0 bridgehead atoms. The molecule has 0 aliphatic carbocycles. The van der Waals surface area contributed by atoms with E-state index in [1.165, 1.54) is 0 Å². The predicted octanol–water partition coefficient (Wildman–Crippen LogP) is 5.31. The molecule has 1 aromatic rings. The second-order valence-electron chi connectivity index (χ2n) is 8.93. The molecular formula is C22H38O4Si. The van der Waals surface area contributed by atoms with Crippen molar-refractivity contribution in [2.45, 2.75) is 90.8 Å². The summed E-state index contributed by atoms with van der Waals surface area (Å²) in [7, 11) is -2.13. The van der Waals surface area contributed by atoms with Crippen molar-refractivity contribution < 1.29 is 19.1 Å². The Hall–Kier alpha value is -1.17. The van der Waals surface area contributed by atoms with Crippen LogP contribution >= 0.6 is 0 Å². The highest BCUT2D eigenvalue weighted by molar-refractivity contribution is 6.74. The van der Waals surface area contributed by atoms with Crippen molar-refractivity contribution in [3.63, 3.8) is 0 Å². The molecule has 1 N–H and O–H groups in total. The average Bonchev–Trinajstić information content (AvgIpc) is 2.58. The van der Waals surface area contributed by atoms with Crippen molar-refractivity contribution in [1.29, 1.82) is 0 Å². The second-order valence-corrected chi connectivity index (χ2v) is 13.7. The Balaban J connectivity index is 2.96. The van der Waals surface area contributed by atoms with E-state index in [4.69, 9.17) is 9.16 Å². The molecule has 0 aromatic heterocycles. The first-order valence-electron chi connectivity index (χ1n) is 10.1. The molecule has 27 heavy (non-hydrogen) atoms. The maximum absolute atomic E-state index is 12.9. The lowest BCUT2D eigenvalue weighted by molar-refractivity contribution is -0.156. The summed E-state index contributed by atoms with van der Waals surface area (Å²) in [6, 6.07) is 9.67. The monoisotopic (exact) mass is 394 g/mol. The zero-order chi connectivity index (χ0) is 20.7. The minimum absolute atomic E-state index is 0.00336. The van der Waals surface area contributed by atoms with Gasteiger partial charge in [0, 0.05) is 0 Å². The van der Waals surface area contributed by atoms with Crippen molar-refractivity contribution in [1.82, 2.24) is 0 Å². The molecule has 3 atom stereocenters. The molecule has 0 spiro atoms. The molecule has 0 fully saturated rings. The highest BCUT2D eigenvalue weighted by Gasteiger charge is 2.43. The number of unbranched alkanes of at least 4 members (excludes halogenated alkanes) is 1. The third-order valence-electron chi connectivity index (χ3n) is 5.50. The fraction of sp³-hybridized carbons (Fsp3) is 0.682. The van der Waals surface area contributed by atoms with E-state index in [-0.39, 0.29) is 17.6 Å². The Bertz CT molecular complexity index is 563. The van der Waals surface area contributed by atoms with Crippen molar-refractivity contribution >= 4 is 14.3 Å². The van der Waals surface area contributed by atoms with E-state index in [2.05, 4.69) is 40.8 Å². The lowest BCUT2D eigenvalue weighted by atomic mass is 9.93. The minimum Gasteiger partial charge on any atom is -0.461 e. The first kappa shape index (κ1) is 23.9. The van der Waals surface area contributed by atoms with Crippen LogP contribution in [0.1, 0.15) is 59.4 Å². The molecular weight excluding hydrogens is 356 g/mol. The summed E-state index contributed by atoms with van der Waals surface area (Å²) in [6.07, 6.45) is 1.27. The Labute approximate surface area is 166 Å². The molecule has 154 valence electrons. The van der Waals surface area contributed by atoms with Gasteiger partial charge in [-0.2, -0.15) is 0 Å². The van der Waals surface area contributed by atoms with Gasteiger partial charge >= 0.3 is 5.97 Å². The first-order valence-corrected chi connectivity index (χ1v) is 13.0. The molecule has 4 nitrogen and oxygen atoms in total. The zero-order valence-corrected chi connectivity index (χ0v) is 19.1. The van der Waals surface area contributed by atoms with Crippen LogP contribution in [0.2, 0.25) is 18.1 Å². The van der Waals surface area contributed by atoms with E-state index in [1.54, 1.807) is 6.92 Å². The summed E-state index contributed by atoms with van der Waals surface area (Å²) < 4.78 is 12.1. The summed E-state index contributed by atoms with van der Waals surface area (Å²) in [5, 5.41) is 10.4. The van der Waals surface area contributed by atoms with Gasteiger partial charge in [0.05, 0.1) is 18.1 Å². The Morgan fingerprint density at radius 3 is 2.26 bits per heavy atom. The first-order chi connectivity index (χ1) is 12.5. The number of hydrogen-bond donors (Lipinski definition) is 1. The number of aliphatic hydroxyl groups excluding tert-OH is 1. The zero-order valence-electron chi connectivity index (χ0n) is 18.1. The molecule has 0 saturated carbocycles. The quantitative estimate of drug-likeness (QED) is 0.432. The number of hydrogen-bond acceptors (Lipinski definition) is 4. The average molecular weight is 395 g/mol. The van der Waals surface area contributed by atoms with Crippen LogP contribution in [0.25, 0.3) is 0 Å². The van der Waals surface area contributed by atoms with Gasteiger partial charge in [-0.05, 0) is 37.0 Å². The van der Waals surface area contributed by atoms with Crippen LogP contribution in [-0.4, -0.2) is 31.6 Å². The number of ether oxygens (including phenoxy) is 1. The molecule has 1 aromatic carbocycles. The topological polar surface area (TPSA) is 55.8 Å². The molecule has 0 heterocycles. The van der Waals surface area contributed by atoms with Gasteiger partial charge in [-0.15, -0.1) is 0 Å². The van der Waals surface area contributed by atoms with Gasteiger partial charge < -0.3 is 14.3 Å². The Kier molecular flexibility index (Phi) is 9.19. The van der Waals surface area contributed by atoms with E-state index in [0.29, 0.717) is 6.42 Å². The fourth-order valence-electron chi connectivity index (χ4n) is 2.71. The summed E-state index contributed by atoms with van der Waals surface area (Å²) in [5.41, 5.74) is 0.957. The minimum atomic E-state index is -2.13. The molecule has 0 unspecified atom stereocenters. The molecule has 1 rings (SSSR count). The van der Waals surface area contributed by atoms with Gasteiger partial charge in [0.1, 0.15) is 6.61 Å². The largest absolute Gasteiger partial charge is 0.461 e. The number of aliphatic hydroxyl groups is 1. The predicted molar refractivity (Wildman–Crippen MR) is 113 cm³/mol. The van der Waals surface area contributed by atoms with Crippen LogP contribution in [0.5, 0.6) is 0 Å². The van der Waals surface area contributed by atoms with Gasteiger partial charge in [-0.1, -0.05) is 70.9 Å². The summed E-state index contributed by atoms with van der Waals surface area (Å²) in [4.78, 5) is 12.9. The summed E-state index contributed by atoms with van der Waals surface area (Å²) in [5.74, 6) is -0.736. The SMILES string of the molecule is CCCC[C@@H](C(=O)OCc1ccccc1)[C@@H](O[Si](C)(C)C(C)(C)C)[C@H](C)O. The number of carbonyl (C=O) groups is 1. The standard InChI is InChI=1S/C22H38O4Si/c1-8-9-15-19(21(24)25-16-18-13-11-10-12-14-18)20(17(2)23)26-27(6,7)22(3,4)5/h10-14,17,19-20,23H,8-9,15-16H2,1-7H3/t17-,19+,20-/m0/s1. The normalized spacial score (nSPS) is 15.9. The van der Waals surface area contributed by atoms with Crippen LogP contribution in [0.4, 0.5) is 0 Å².